The van der Waals surface area contributed by atoms with Gasteiger partial charge in [0.2, 0.25) is 5.95 Å². The minimum absolute atomic E-state index is 0.0624. The highest BCUT2D eigenvalue weighted by atomic mass is 31.2. The summed E-state index contributed by atoms with van der Waals surface area (Å²) in [6.45, 7) is -0.731. The van der Waals surface area contributed by atoms with Gasteiger partial charge in [-0.2, -0.15) is 4.98 Å². The van der Waals surface area contributed by atoms with Crippen LogP contribution in [0, 0.1) is 0 Å². The van der Waals surface area contributed by atoms with Crippen LogP contribution < -0.4 is 11.3 Å². The SMILES string of the molecule is Nc1nc2c(ncn2[C@@H]2O[C@H](COP(=O)(O)O)C(O)[C@@H]2F)c(=O)[nH]1. The van der Waals surface area contributed by atoms with Crippen LogP contribution in [0.1, 0.15) is 6.23 Å². The molecule has 12 nitrogen and oxygen atoms in total. The molecule has 3 heterocycles. The number of halogens is 1. The number of nitrogens with one attached hydrogen (secondary N) is 1. The average Bonchev–Trinajstić information content (AvgIpc) is 3.00. The van der Waals surface area contributed by atoms with Crippen LogP contribution in [0.15, 0.2) is 11.1 Å². The van der Waals surface area contributed by atoms with Crippen LogP contribution in [0.4, 0.5) is 10.3 Å². The Bertz CT molecular complexity index is 865. The van der Waals surface area contributed by atoms with Crippen LogP contribution in [-0.4, -0.2) is 59.4 Å². The van der Waals surface area contributed by atoms with Crippen LogP contribution in [-0.2, 0) is 13.8 Å². The summed E-state index contributed by atoms with van der Waals surface area (Å²) >= 11 is 0. The largest absolute Gasteiger partial charge is 0.469 e. The second kappa shape index (κ2) is 5.88. The molecule has 0 aromatic carbocycles. The first-order chi connectivity index (χ1) is 11.2. The van der Waals surface area contributed by atoms with Gasteiger partial charge in [-0.15, -0.1) is 0 Å². The molecule has 6 N–H and O–H groups in total. The second-order valence-corrected chi connectivity index (χ2v) is 6.30. The van der Waals surface area contributed by atoms with Crippen molar-refractivity contribution in [3.8, 4) is 0 Å². The van der Waals surface area contributed by atoms with Gasteiger partial charge in [0, 0.05) is 0 Å². The zero-order valence-corrected chi connectivity index (χ0v) is 12.7. The molecule has 1 fully saturated rings. The fourth-order valence-electron chi connectivity index (χ4n) is 2.37. The summed E-state index contributed by atoms with van der Waals surface area (Å²) < 4.78 is 35.6. The summed E-state index contributed by atoms with van der Waals surface area (Å²) in [6.07, 6.45) is -5.37. The highest BCUT2D eigenvalue weighted by molar-refractivity contribution is 7.46. The van der Waals surface area contributed by atoms with Crippen molar-refractivity contribution in [3.05, 3.63) is 16.7 Å². The Hall–Kier alpha value is -1.89. The van der Waals surface area contributed by atoms with E-state index in [1.54, 1.807) is 0 Å². The van der Waals surface area contributed by atoms with Gasteiger partial charge in [-0.3, -0.25) is 18.9 Å². The van der Waals surface area contributed by atoms with Crippen LogP contribution >= 0.6 is 7.82 Å². The van der Waals surface area contributed by atoms with E-state index in [0.717, 1.165) is 10.9 Å². The van der Waals surface area contributed by atoms with E-state index in [1.165, 1.54) is 0 Å². The lowest BCUT2D eigenvalue weighted by molar-refractivity contribution is -0.0451. The number of hydrogen-bond acceptors (Lipinski definition) is 8. The normalized spacial score (nSPS) is 27.8. The van der Waals surface area contributed by atoms with E-state index < -0.39 is 44.6 Å². The lowest BCUT2D eigenvalue weighted by atomic mass is 10.1. The molecular formula is C10H13FN5O7P. The van der Waals surface area contributed by atoms with Crippen molar-refractivity contribution in [1.82, 2.24) is 19.5 Å². The van der Waals surface area contributed by atoms with Gasteiger partial charge >= 0.3 is 7.82 Å². The Labute approximate surface area is 132 Å². The number of fused-ring (bicyclic) bond motifs is 1. The molecule has 1 saturated heterocycles. The number of aliphatic hydroxyl groups excluding tert-OH is 1. The van der Waals surface area contributed by atoms with E-state index in [9.17, 15) is 18.9 Å². The smallest absolute Gasteiger partial charge is 0.387 e. The number of ether oxygens (including phenoxy) is 1. The van der Waals surface area contributed by atoms with E-state index in [2.05, 4.69) is 19.5 Å². The van der Waals surface area contributed by atoms with Crippen molar-refractivity contribution >= 4 is 24.9 Å². The molecule has 0 bridgehead atoms. The summed E-state index contributed by atoms with van der Waals surface area (Å²) in [5.41, 5.74) is 4.64. The molecule has 0 aliphatic carbocycles. The van der Waals surface area contributed by atoms with Gasteiger partial charge in [0.1, 0.15) is 12.2 Å². The molecule has 0 saturated carbocycles. The van der Waals surface area contributed by atoms with Crippen LogP contribution in [0.25, 0.3) is 11.2 Å². The Balaban J connectivity index is 1.90. The quantitative estimate of drug-likeness (QED) is 0.395. The van der Waals surface area contributed by atoms with E-state index in [-0.39, 0.29) is 17.1 Å². The van der Waals surface area contributed by atoms with Crippen molar-refractivity contribution in [2.24, 2.45) is 0 Å². The molecule has 4 atom stereocenters. The van der Waals surface area contributed by atoms with Gasteiger partial charge in [0.05, 0.1) is 12.9 Å². The number of aliphatic hydroxyl groups is 1. The summed E-state index contributed by atoms with van der Waals surface area (Å²) in [5.74, 6) is -0.218. The lowest BCUT2D eigenvalue weighted by Gasteiger charge is -2.15. The Morgan fingerprint density at radius 1 is 1.54 bits per heavy atom. The lowest BCUT2D eigenvalue weighted by Crippen LogP contribution is -2.31. The summed E-state index contributed by atoms with van der Waals surface area (Å²) in [7, 11) is -4.80. The van der Waals surface area contributed by atoms with Crippen molar-refractivity contribution < 1.29 is 33.1 Å². The molecule has 1 unspecified atom stereocenters. The first kappa shape index (κ1) is 17.0. The zero-order chi connectivity index (χ0) is 17.6. The first-order valence-corrected chi connectivity index (χ1v) is 8.10. The molecule has 0 spiro atoms. The minimum atomic E-state index is -4.80. The van der Waals surface area contributed by atoms with E-state index in [1.807, 2.05) is 0 Å². The molecule has 2 aromatic heterocycles. The fraction of sp³-hybridized carbons (Fsp3) is 0.500. The first-order valence-electron chi connectivity index (χ1n) is 6.57. The third-order valence-corrected chi connectivity index (χ3v) is 3.91. The second-order valence-electron chi connectivity index (χ2n) is 5.06. The summed E-state index contributed by atoms with van der Waals surface area (Å²) in [5, 5.41) is 9.83. The molecule has 1 aliphatic heterocycles. The minimum Gasteiger partial charge on any atom is -0.387 e. The number of anilines is 1. The summed E-state index contributed by atoms with van der Waals surface area (Å²) in [4.78, 5) is 38.9. The average molecular weight is 365 g/mol. The van der Waals surface area contributed by atoms with Gasteiger partial charge in [-0.25, -0.2) is 13.9 Å². The molecule has 2 aromatic rings. The van der Waals surface area contributed by atoms with Crippen LogP contribution in [0.2, 0.25) is 0 Å². The van der Waals surface area contributed by atoms with Crippen molar-refractivity contribution in [2.45, 2.75) is 24.6 Å². The van der Waals surface area contributed by atoms with Gasteiger partial charge in [-0.05, 0) is 0 Å². The number of phosphoric acid groups is 1. The number of aromatic nitrogens is 4. The molecule has 132 valence electrons. The van der Waals surface area contributed by atoms with E-state index in [0.29, 0.717) is 0 Å². The third kappa shape index (κ3) is 3.05. The highest BCUT2D eigenvalue weighted by Gasteiger charge is 2.46. The molecular weight excluding hydrogens is 352 g/mol. The Morgan fingerprint density at radius 2 is 2.25 bits per heavy atom. The third-order valence-electron chi connectivity index (χ3n) is 3.43. The standard InChI is InChI=1S/C10H13FN5O7P/c11-4-6(17)3(1-22-24(19,20)21)23-9(4)16-2-13-5-7(16)14-10(12)15-8(5)18/h2-4,6,9,17H,1H2,(H2,19,20,21)(H3,12,14,15,18)/t3-,4+,6?,9-/m1/s1. The van der Waals surface area contributed by atoms with Crippen molar-refractivity contribution in [1.29, 1.82) is 0 Å². The van der Waals surface area contributed by atoms with Crippen molar-refractivity contribution in [3.63, 3.8) is 0 Å². The number of nitrogen functional groups attached to an aromatic ring is 1. The molecule has 0 amide bonds. The molecule has 24 heavy (non-hydrogen) atoms. The number of imidazole rings is 1. The zero-order valence-electron chi connectivity index (χ0n) is 11.8. The maximum absolute atomic E-state index is 14.3. The number of phosphoric ester groups is 1. The molecule has 1 aliphatic rings. The molecule has 3 rings (SSSR count). The molecule has 14 heteroatoms. The Kier molecular flexibility index (Phi) is 4.15. The number of rotatable bonds is 4. The number of aromatic amines is 1. The monoisotopic (exact) mass is 365 g/mol. The Morgan fingerprint density at radius 3 is 2.92 bits per heavy atom. The van der Waals surface area contributed by atoms with Crippen LogP contribution in [0.3, 0.4) is 0 Å². The van der Waals surface area contributed by atoms with Crippen LogP contribution in [0.5, 0.6) is 0 Å². The number of H-pyrrole nitrogens is 1. The van der Waals surface area contributed by atoms with Crippen molar-refractivity contribution in [2.75, 3.05) is 12.3 Å². The number of nitrogens with two attached hydrogens (primary N) is 1. The maximum atomic E-state index is 14.3. The topological polar surface area (TPSA) is 186 Å². The highest BCUT2D eigenvalue weighted by Crippen LogP contribution is 2.39. The maximum Gasteiger partial charge on any atom is 0.469 e. The summed E-state index contributed by atoms with van der Waals surface area (Å²) in [6, 6.07) is 0. The number of alkyl halides is 1. The van der Waals surface area contributed by atoms with Gasteiger partial charge in [0.15, 0.2) is 23.6 Å². The number of hydrogen-bond donors (Lipinski definition) is 5. The van der Waals surface area contributed by atoms with Gasteiger partial charge in [0.25, 0.3) is 5.56 Å². The molecule has 0 radical (unpaired) electrons. The number of nitrogens with zero attached hydrogens (tertiary/aromatic N) is 3. The van der Waals surface area contributed by atoms with E-state index in [4.69, 9.17) is 20.3 Å². The van der Waals surface area contributed by atoms with Gasteiger partial charge in [-0.1, -0.05) is 0 Å². The predicted octanol–water partition coefficient (Wildman–Crippen LogP) is -1.59. The van der Waals surface area contributed by atoms with Gasteiger partial charge < -0.3 is 25.4 Å². The fourth-order valence-corrected chi connectivity index (χ4v) is 2.71. The predicted molar refractivity (Wildman–Crippen MR) is 75.4 cm³/mol. The van der Waals surface area contributed by atoms with E-state index >= 15 is 0 Å².